The standard InChI is InChI=1S/C19H20N2O2/c1-2-6-15-18-14(8-5-9-16(18)21-19(15)22)13-7-3-4-10-17(13)23-12-11-20/h3-5,7-10H,2,6,11-12,20H2,1H3. The number of hydrogen-bond donors (Lipinski definition) is 1. The van der Waals surface area contributed by atoms with Crippen molar-refractivity contribution in [2.45, 2.75) is 19.8 Å². The van der Waals surface area contributed by atoms with E-state index in [4.69, 9.17) is 10.5 Å². The Labute approximate surface area is 135 Å². The van der Waals surface area contributed by atoms with Crippen LogP contribution in [-0.4, -0.2) is 19.1 Å². The van der Waals surface area contributed by atoms with Gasteiger partial charge in [-0.2, -0.15) is 0 Å². The van der Waals surface area contributed by atoms with Crippen LogP contribution in [0.1, 0.15) is 19.8 Å². The summed E-state index contributed by atoms with van der Waals surface area (Å²) < 4.78 is 5.77. The summed E-state index contributed by atoms with van der Waals surface area (Å²) in [5.74, 6) is 0.663. The maximum Gasteiger partial charge on any atom is 0.274 e. The molecule has 23 heavy (non-hydrogen) atoms. The molecule has 0 atom stereocenters. The van der Waals surface area contributed by atoms with Crippen molar-refractivity contribution in [3.8, 4) is 16.9 Å². The second kappa shape index (κ2) is 6.75. The smallest absolute Gasteiger partial charge is 0.274 e. The van der Waals surface area contributed by atoms with E-state index < -0.39 is 0 Å². The quantitative estimate of drug-likeness (QED) is 0.885. The number of hydrogen-bond acceptors (Lipinski definition) is 3. The fourth-order valence-electron chi connectivity index (χ4n) is 2.92. The van der Waals surface area contributed by atoms with E-state index in [1.807, 2.05) is 42.5 Å². The number of para-hydroxylation sites is 1. The highest BCUT2D eigenvalue weighted by atomic mass is 16.5. The van der Waals surface area contributed by atoms with Gasteiger partial charge in [0.2, 0.25) is 0 Å². The highest BCUT2D eigenvalue weighted by Gasteiger charge is 2.19. The lowest BCUT2D eigenvalue weighted by atomic mass is 9.98. The summed E-state index contributed by atoms with van der Waals surface area (Å²) >= 11 is 0. The van der Waals surface area contributed by atoms with E-state index >= 15 is 0 Å². The molecule has 0 saturated carbocycles. The Morgan fingerprint density at radius 2 is 1.87 bits per heavy atom. The van der Waals surface area contributed by atoms with E-state index in [-0.39, 0.29) is 5.91 Å². The van der Waals surface area contributed by atoms with Crippen LogP contribution in [-0.2, 0) is 4.79 Å². The Balaban J connectivity index is 2.24. The van der Waals surface area contributed by atoms with Crippen molar-refractivity contribution in [3.05, 3.63) is 53.0 Å². The summed E-state index contributed by atoms with van der Waals surface area (Å²) in [7, 11) is 0. The molecule has 4 nitrogen and oxygen atoms in total. The highest BCUT2D eigenvalue weighted by Crippen LogP contribution is 2.28. The molecule has 1 aliphatic rings. The van der Waals surface area contributed by atoms with Gasteiger partial charge in [0.25, 0.3) is 5.91 Å². The Kier molecular flexibility index (Phi) is 4.53. The van der Waals surface area contributed by atoms with Gasteiger partial charge in [-0.1, -0.05) is 43.7 Å². The first-order chi connectivity index (χ1) is 11.3. The predicted molar refractivity (Wildman–Crippen MR) is 90.5 cm³/mol. The van der Waals surface area contributed by atoms with Crippen LogP contribution >= 0.6 is 0 Å². The van der Waals surface area contributed by atoms with Crippen molar-refractivity contribution >= 4 is 11.5 Å². The Morgan fingerprint density at radius 1 is 1.09 bits per heavy atom. The molecular weight excluding hydrogens is 288 g/mol. The molecule has 0 spiro atoms. The molecule has 1 amide bonds. The van der Waals surface area contributed by atoms with Gasteiger partial charge in [-0.15, -0.1) is 0 Å². The monoisotopic (exact) mass is 308 g/mol. The zero-order valence-electron chi connectivity index (χ0n) is 13.2. The summed E-state index contributed by atoms with van der Waals surface area (Å²) in [6.07, 6.45) is 1.65. The average molecular weight is 308 g/mol. The lowest BCUT2D eigenvalue weighted by Gasteiger charge is -2.11. The molecule has 0 radical (unpaired) electrons. The minimum absolute atomic E-state index is 0.116. The van der Waals surface area contributed by atoms with Crippen LogP contribution < -0.4 is 21.0 Å². The van der Waals surface area contributed by atoms with Gasteiger partial charge in [-0.25, -0.2) is 4.99 Å². The molecule has 0 saturated heterocycles. The van der Waals surface area contributed by atoms with E-state index in [9.17, 15) is 4.79 Å². The van der Waals surface area contributed by atoms with Crippen molar-refractivity contribution < 1.29 is 9.53 Å². The number of nitrogens with two attached hydrogens (primary N) is 1. The van der Waals surface area contributed by atoms with E-state index in [1.54, 1.807) is 0 Å². The summed E-state index contributed by atoms with van der Waals surface area (Å²) in [6, 6.07) is 13.7. The van der Waals surface area contributed by atoms with Crippen molar-refractivity contribution in [1.82, 2.24) is 0 Å². The number of amides is 1. The van der Waals surface area contributed by atoms with Gasteiger partial charge < -0.3 is 10.5 Å². The van der Waals surface area contributed by atoms with Gasteiger partial charge in [0.05, 0.1) is 5.36 Å². The van der Waals surface area contributed by atoms with E-state index in [0.29, 0.717) is 13.2 Å². The van der Waals surface area contributed by atoms with Gasteiger partial charge in [-0.3, -0.25) is 4.79 Å². The first kappa shape index (κ1) is 15.4. The van der Waals surface area contributed by atoms with Crippen LogP contribution in [0.25, 0.3) is 16.7 Å². The molecule has 0 aliphatic carbocycles. The van der Waals surface area contributed by atoms with E-state index in [1.165, 1.54) is 0 Å². The van der Waals surface area contributed by atoms with Crippen LogP contribution in [0.2, 0.25) is 0 Å². The third-order valence-corrected chi connectivity index (χ3v) is 3.88. The molecule has 4 heteroatoms. The van der Waals surface area contributed by atoms with Gasteiger partial charge in [0.1, 0.15) is 12.4 Å². The minimum Gasteiger partial charge on any atom is -0.492 e. The van der Waals surface area contributed by atoms with Gasteiger partial charge in [0.15, 0.2) is 0 Å². The normalized spacial score (nSPS) is 13.0. The maximum atomic E-state index is 12.2. The number of ether oxygens (including phenoxy) is 1. The van der Waals surface area contributed by atoms with Crippen LogP contribution in [0.5, 0.6) is 5.75 Å². The molecule has 0 unspecified atom stereocenters. The first-order valence-electron chi connectivity index (χ1n) is 7.93. The second-order valence-electron chi connectivity index (χ2n) is 5.48. The van der Waals surface area contributed by atoms with Crippen molar-refractivity contribution in [2.24, 2.45) is 10.7 Å². The Morgan fingerprint density at radius 3 is 2.65 bits per heavy atom. The molecule has 2 aromatic carbocycles. The number of carbonyl (C=O) groups excluding carboxylic acids is 1. The van der Waals surface area contributed by atoms with Gasteiger partial charge in [-0.05, 0) is 24.1 Å². The fourth-order valence-corrected chi connectivity index (χ4v) is 2.92. The third kappa shape index (κ3) is 2.90. The molecule has 2 aromatic rings. The van der Waals surface area contributed by atoms with E-state index in [2.05, 4.69) is 11.9 Å². The second-order valence-corrected chi connectivity index (χ2v) is 5.48. The lowest BCUT2D eigenvalue weighted by Crippen LogP contribution is -2.25. The molecule has 118 valence electrons. The van der Waals surface area contributed by atoms with Crippen molar-refractivity contribution in [1.29, 1.82) is 0 Å². The number of benzene rings is 2. The fraction of sp³-hybridized carbons (Fsp3) is 0.263. The number of carbonyl (C=O) groups is 1. The number of fused-ring (bicyclic) bond motifs is 1. The van der Waals surface area contributed by atoms with Gasteiger partial charge in [0, 0.05) is 22.9 Å². The summed E-state index contributed by atoms with van der Waals surface area (Å²) in [5, 5.41) is 1.70. The molecule has 0 bridgehead atoms. The molecule has 2 N–H and O–H groups in total. The largest absolute Gasteiger partial charge is 0.492 e. The molecule has 0 aromatic heterocycles. The van der Waals surface area contributed by atoms with E-state index in [0.717, 1.165) is 45.9 Å². The topological polar surface area (TPSA) is 64.7 Å². The average Bonchev–Trinajstić information content (AvgIpc) is 2.89. The SMILES string of the molecule is CCCC1=c2c(-c3ccccc3OCCN)cccc2=NC1=O. The minimum atomic E-state index is -0.116. The predicted octanol–water partition coefficient (Wildman–Crippen LogP) is 1.80. The summed E-state index contributed by atoms with van der Waals surface area (Å²) in [6.45, 7) is 2.99. The first-order valence-corrected chi connectivity index (χ1v) is 7.93. The maximum absolute atomic E-state index is 12.2. The van der Waals surface area contributed by atoms with Gasteiger partial charge >= 0.3 is 0 Å². The van der Waals surface area contributed by atoms with Crippen LogP contribution in [0.15, 0.2) is 47.5 Å². The Hall–Kier alpha value is -2.46. The Bertz CT molecular complexity index is 856. The highest BCUT2D eigenvalue weighted by molar-refractivity contribution is 6.16. The molecule has 3 rings (SSSR count). The van der Waals surface area contributed by atoms with Crippen LogP contribution in [0.3, 0.4) is 0 Å². The van der Waals surface area contributed by atoms with Crippen molar-refractivity contribution in [3.63, 3.8) is 0 Å². The molecule has 1 aliphatic heterocycles. The molecule has 1 heterocycles. The molecular formula is C19H20N2O2. The molecule has 0 fully saturated rings. The summed E-state index contributed by atoms with van der Waals surface area (Å²) in [4.78, 5) is 16.4. The summed E-state index contributed by atoms with van der Waals surface area (Å²) in [5.41, 5.74) is 8.31. The lowest BCUT2D eigenvalue weighted by molar-refractivity contribution is -0.112. The van der Waals surface area contributed by atoms with Crippen molar-refractivity contribution in [2.75, 3.05) is 13.2 Å². The number of rotatable bonds is 6. The zero-order valence-corrected chi connectivity index (χ0v) is 13.2. The third-order valence-electron chi connectivity index (χ3n) is 3.88. The number of nitrogens with zero attached hydrogens (tertiary/aromatic N) is 1. The zero-order chi connectivity index (χ0) is 16.2. The van der Waals surface area contributed by atoms with Crippen LogP contribution in [0, 0.1) is 0 Å². The van der Waals surface area contributed by atoms with Crippen LogP contribution in [0.4, 0.5) is 0 Å².